The highest BCUT2D eigenvalue weighted by atomic mass is 16.5. The highest BCUT2D eigenvalue weighted by Crippen LogP contribution is 2.25. The lowest BCUT2D eigenvalue weighted by molar-refractivity contribution is -0.138. The van der Waals surface area contributed by atoms with Crippen LogP contribution in [-0.2, 0) is 28.7 Å². The molecule has 0 bridgehead atoms. The Labute approximate surface area is 308 Å². The molecule has 12 nitrogen and oxygen atoms in total. The average Bonchev–Trinajstić information content (AvgIpc) is 3.55. The maximum absolute atomic E-state index is 12.6. The molecule has 9 unspecified atom stereocenters. The highest BCUT2D eigenvalue weighted by molar-refractivity contribution is 5.87. The van der Waals surface area contributed by atoms with Crippen LogP contribution in [-0.4, -0.2) is 117 Å². The molecule has 1 aromatic carbocycles. The number of carbonyl (C=O) groups is 4. The van der Waals surface area contributed by atoms with Crippen LogP contribution in [0.3, 0.4) is 0 Å². The minimum absolute atomic E-state index is 0.00356. The second-order valence-electron chi connectivity index (χ2n) is 14.1. The van der Waals surface area contributed by atoms with Gasteiger partial charge >= 0.3 is 0 Å². The van der Waals surface area contributed by atoms with E-state index in [2.05, 4.69) is 36.4 Å². The molecule has 1 saturated heterocycles. The third-order valence-corrected chi connectivity index (χ3v) is 9.63. The minimum Gasteiger partial charge on any atom is -0.386 e. The second-order valence-corrected chi connectivity index (χ2v) is 14.1. The largest absolute Gasteiger partial charge is 0.386 e. The third-order valence-electron chi connectivity index (χ3n) is 9.63. The summed E-state index contributed by atoms with van der Waals surface area (Å²) in [6, 6.07) is 8.42. The van der Waals surface area contributed by atoms with E-state index in [1.165, 1.54) is 13.5 Å². The van der Waals surface area contributed by atoms with Gasteiger partial charge in [-0.3, -0.25) is 14.4 Å². The van der Waals surface area contributed by atoms with Crippen molar-refractivity contribution in [2.75, 3.05) is 41.4 Å². The standard InChI is InChI=1S/C19H30N2O3.C17H33N3O4.C3H8/c1-13(18(24-4)16-11-8-12-21(16)3)19(23)20-14(2)17(22)15-9-6-5-7-10-15;1-7-12(4)16(13(24-6)8-9-21)20(5)14(22)10-19-17(23)15(18)11(2)3;1-3-2/h5-7,9-10,13-14,16-18,22H,8,11-12H2,1-4H3,(H,20,23);9,11-13,15-16H,7-8,10,18H2,1-6H3,(H,19,23);3H2,1-2H3. The zero-order valence-electron chi connectivity index (χ0n) is 33.6. The van der Waals surface area contributed by atoms with Crippen LogP contribution in [0.1, 0.15) is 99.2 Å². The SMILES string of the molecule is CCC.CCC(C)C(C(CC=O)OC)N(C)C(=O)CNC(=O)C(N)C(C)C.COC(C(C)C(=O)NC(C)C(O)c1ccccc1)C1CCCN1C. The van der Waals surface area contributed by atoms with Gasteiger partial charge in [-0.2, -0.15) is 0 Å². The fourth-order valence-corrected chi connectivity index (χ4v) is 6.15. The summed E-state index contributed by atoms with van der Waals surface area (Å²) in [5.41, 5.74) is 6.57. The van der Waals surface area contributed by atoms with E-state index in [1.807, 2.05) is 71.9 Å². The Hall–Kier alpha value is -2.90. The quantitative estimate of drug-likeness (QED) is 0.165. The van der Waals surface area contributed by atoms with Gasteiger partial charge in [-0.1, -0.05) is 91.6 Å². The van der Waals surface area contributed by atoms with Crippen molar-refractivity contribution in [3.63, 3.8) is 0 Å². The smallest absolute Gasteiger partial charge is 0.242 e. The molecule has 0 radical (unpaired) electrons. The monoisotopic (exact) mass is 722 g/mol. The van der Waals surface area contributed by atoms with E-state index in [0.29, 0.717) is 0 Å². The number of rotatable bonds is 18. The number of hydrogen-bond acceptors (Lipinski definition) is 9. The number of benzene rings is 1. The van der Waals surface area contributed by atoms with E-state index in [1.54, 1.807) is 19.1 Å². The van der Waals surface area contributed by atoms with Crippen molar-refractivity contribution >= 4 is 24.0 Å². The van der Waals surface area contributed by atoms with Gasteiger partial charge in [-0.15, -0.1) is 0 Å². The van der Waals surface area contributed by atoms with Crippen LogP contribution in [0.25, 0.3) is 0 Å². The Morgan fingerprint density at radius 2 is 1.63 bits per heavy atom. The van der Waals surface area contributed by atoms with Crippen molar-refractivity contribution in [1.82, 2.24) is 20.4 Å². The molecule has 51 heavy (non-hydrogen) atoms. The maximum atomic E-state index is 12.6. The molecule has 1 aliphatic rings. The van der Waals surface area contributed by atoms with Crippen LogP contribution in [0.15, 0.2) is 30.3 Å². The van der Waals surface area contributed by atoms with Gasteiger partial charge in [0, 0.05) is 33.7 Å². The predicted molar refractivity (Wildman–Crippen MR) is 204 cm³/mol. The molecular weight excluding hydrogens is 650 g/mol. The molecule has 0 spiro atoms. The van der Waals surface area contributed by atoms with Gasteiger partial charge in [-0.05, 0) is 50.8 Å². The first-order valence-electron chi connectivity index (χ1n) is 18.6. The number of amides is 3. The van der Waals surface area contributed by atoms with Crippen LogP contribution < -0.4 is 16.4 Å². The summed E-state index contributed by atoms with van der Waals surface area (Å²) in [6.45, 7) is 16.6. The molecule has 1 heterocycles. The lowest BCUT2D eigenvalue weighted by Gasteiger charge is -2.37. The first-order valence-corrected chi connectivity index (χ1v) is 18.6. The van der Waals surface area contributed by atoms with Crippen molar-refractivity contribution in [2.24, 2.45) is 23.5 Å². The number of nitrogens with zero attached hydrogens (tertiary/aromatic N) is 2. The van der Waals surface area contributed by atoms with Crippen LogP contribution in [0.4, 0.5) is 0 Å². The number of likely N-dealkylation sites (N-methyl/N-ethyl adjacent to an activating group) is 2. The van der Waals surface area contributed by atoms with Gasteiger partial charge in [0.2, 0.25) is 17.7 Å². The summed E-state index contributed by atoms with van der Waals surface area (Å²) in [5, 5.41) is 15.9. The average molecular weight is 722 g/mol. The first-order chi connectivity index (χ1) is 24.1. The molecule has 9 atom stereocenters. The Kier molecular flexibility index (Phi) is 24.5. The number of aliphatic hydroxyl groups is 1. The van der Waals surface area contributed by atoms with Crippen molar-refractivity contribution in [1.29, 1.82) is 0 Å². The Balaban J connectivity index is 0.000000910. The molecule has 1 aliphatic heterocycles. The molecule has 0 saturated carbocycles. The number of aliphatic hydroxyl groups excluding tert-OH is 1. The van der Waals surface area contributed by atoms with Crippen molar-refractivity contribution in [3.8, 4) is 0 Å². The van der Waals surface area contributed by atoms with Gasteiger partial charge < -0.3 is 45.5 Å². The zero-order valence-corrected chi connectivity index (χ0v) is 33.6. The lowest BCUT2D eigenvalue weighted by atomic mass is 9.91. The number of carbonyl (C=O) groups excluding carboxylic acids is 4. The summed E-state index contributed by atoms with van der Waals surface area (Å²) in [4.78, 5) is 51.7. The van der Waals surface area contributed by atoms with E-state index in [-0.39, 0.29) is 78.8 Å². The van der Waals surface area contributed by atoms with Gasteiger partial charge in [-0.25, -0.2) is 0 Å². The number of methoxy groups -OCH3 is 2. The van der Waals surface area contributed by atoms with E-state index >= 15 is 0 Å². The molecule has 2 rings (SSSR count). The Morgan fingerprint density at radius 1 is 1.04 bits per heavy atom. The van der Waals surface area contributed by atoms with Crippen LogP contribution in [0.2, 0.25) is 0 Å². The van der Waals surface area contributed by atoms with Gasteiger partial charge in [0.15, 0.2) is 0 Å². The van der Waals surface area contributed by atoms with Crippen LogP contribution in [0.5, 0.6) is 0 Å². The predicted octanol–water partition coefficient (Wildman–Crippen LogP) is 3.95. The van der Waals surface area contributed by atoms with Crippen LogP contribution >= 0.6 is 0 Å². The Bertz CT molecular complexity index is 1120. The zero-order chi connectivity index (χ0) is 39.3. The van der Waals surface area contributed by atoms with E-state index < -0.39 is 12.1 Å². The summed E-state index contributed by atoms with van der Waals surface area (Å²) in [5.74, 6) is -0.787. The Morgan fingerprint density at radius 3 is 2.08 bits per heavy atom. The van der Waals surface area contributed by atoms with Gasteiger partial charge in [0.05, 0.1) is 48.9 Å². The minimum atomic E-state index is -0.725. The first kappa shape index (κ1) is 48.1. The second kappa shape index (κ2) is 26.0. The summed E-state index contributed by atoms with van der Waals surface area (Å²) >= 11 is 0. The van der Waals surface area contributed by atoms with E-state index in [9.17, 15) is 24.3 Å². The fourth-order valence-electron chi connectivity index (χ4n) is 6.15. The molecule has 3 amide bonds. The molecule has 294 valence electrons. The summed E-state index contributed by atoms with van der Waals surface area (Å²) in [6.07, 6.45) is 4.05. The maximum Gasteiger partial charge on any atom is 0.242 e. The van der Waals surface area contributed by atoms with Crippen molar-refractivity contribution in [3.05, 3.63) is 35.9 Å². The number of aldehydes is 1. The fraction of sp³-hybridized carbons (Fsp3) is 0.744. The van der Waals surface area contributed by atoms with Gasteiger partial charge in [0.1, 0.15) is 6.29 Å². The molecular formula is C39H71N5O7. The van der Waals surface area contributed by atoms with E-state index in [4.69, 9.17) is 15.2 Å². The third kappa shape index (κ3) is 16.1. The summed E-state index contributed by atoms with van der Waals surface area (Å²) < 4.78 is 11.1. The number of hydrogen-bond donors (Lipinski definition) is 4. The topological polar surface area (TPSA) is 164 Å². The number of ether oxygens (including phenoxy) is 2. The molecule has 1 fully saturated rings. The lowest BCUT2D eigenvalue weighted by Crippen LogP contribution is -2.53. The number of nitrogens with one attached hydrogen (secondary N) is 2. The van der Waals surface area contributed by atoms with Crippen LogP contribution in [0, 0.1) is 17.8 Å². The van der Waals surface area contributed by atoms with Crippen molar-refractivity contribution < 1.29 is 33.8 Å². The molecule has 0 aliphatic carbocycles. The molecule has 12 heteroatoms. The molecule has 5 N–H and O–H groups in total. The number of nitrogens with two attached hydrogens (primary N) is 1. The summed E-state index contributed by atoms with van der Waals surface area (Å²) in [7, 11) is 6.95. The van der Waals surface area contributed by atoms with Gasteiger partial charge in [0.25, 0.3) is 0 Å². The molecule has 1 aromatic rings. The highest BCUT2D eigenvalue weighted by Gasteiger charge is 2.37. The van der Waals surface area contributed by atoms with Crippen molar-refractivity contribution in [2.45, 2.75) is 130 Å². The normalized spacial score (nSPS) is 19.0. The van der Waals surface area contributed by atoms with E-state index in [0.717, 1.165) is 37.7 Å². The molecule has 0 aromatic heterocycles. The number of likely N-dealkylation sites (tertiary alicyclic amines) is 1.